The maximum atomic E-state index is 12.2. The van der Waals surface area contributed by atoms with Gasteiger partial charge in [0.1, 0.15) is 5.75 Å². The number of aromatic amines is 1. The molecule has 0 bridgehead atoms. The number of hydrogen-bond acceptors (Lipinski definition) is 2. The first-order valence-corrected chi connectivity index (χ1v) is 9.03. The standard InChI is InChI=1S/C20H20Cl2N2O2/c1-20(2,15-10-23-17-6-4-3-5-14(15)17)12-24-19(25)11-26-18-8-7-13(21)9-16(18)22/h3-10,23H,11-12H2,1-2H3,(H,24,25). The molecule has 0 aliphatic rings. The summed E-state index contributed by atoms with van der Waals surface area (Å²) >= 11 is 11.9. The quantitative estimate of drug-likeness (QED) is 0.625. The van der Waals surface area contributed by atoms with Gasteiger partial charge in [0, 0.05) is 34.1 Å². The first kappa shape index (κ1) is 18.6. The second kappa shape index (κ2) is 7.60. The lowest BCUT2D eigenvalue weighted by Crippen LogP contribution is -2.38. The van der Waals surface area contributed by atoms with Crippen molar-refractivity contribution in [2.75, 3.05) is 13.2 Å². The second-order valence-electron chi connectivity index (χ2n) is 6.77. The van der Waals surface area contributed by atoms with Crippen LogP contribution in [-0.2, 0) is 10.2 Å². The van der Waals surface area contributed by atoms with Crippen molar-refractivity contribution in [1.82, 2.24) is 10.3 Å². The average molecular weight is 391 g/mol. The molecule has 2 aromatic carbocycles. The highest BCUT2D eigenvalue weighted by Crippen LogP contribution is 2.30. The van der Waals surface area contributed by atoms with E-state index in [4.69, 9.17) is 27.9 Å². The van der Waals surface area contributed by atoms with E-state index in [0.717, 1.165) is 16.5 Å². The minimum atomic E-state index is -0.229. The molecule has 0 atom stereocenters. The molecule has 1 heterocycles. The first-order valence-electron chi connectivity index (χ1n) is 8.28. The topological polar surface area (TPSA) is 54.1 Å². The van der Waals surface area contributed by atoms with Crippen LogP contribution in [0.15, 0.2) is 48.7 Å². The lowest BCUT2D eigenvalue weighted by atomic mass is 9.84. The van der Waals surface area contributed by atoms with Crippen molar-refractivity contribution >= 4 is 40.0 Å². The van der Waals surface area contributed by atoms with E-state index in [-0.39, 0.29) is 17.9 Å². The normalized spacial score (nSPS) is 11.5. The summed E-state index contributed by atoms with van der Waals surface area (Å²) in [5, 5.41) is 4.99. The number of para-hydroxylation sites is 1. The molecule has 0 saturated heterocycles. The van der Waals surface area contributed by atoms with E-state index in [0.29, 0.717) is 22.3 Å². The van der Waals surface area contributed by atoms with Crippen LogP contribution in [0.1, 0.15) is 19.4 Å². The summed E-state index contributed by atoms with van der Waals surface area (Å²) in [5.74, 6) is 0.228. The molecule has 4 nitrogen and oxygen atoms in total. The van der Waals surface area contributed by atoms with Crippen molar-refractivity contribution in [2.45, 2.75) is 19.3 Å². The number of rotatable bonds is 6. The number of halogens is 2. The minimum Gasteiger partial charge on any atom is -0.482 e. The van der Waals surface area contributed by atoms with E-state index < -0.39 is 0 Å². The van der Waals surface area contributed by atoms with Crippen molar-refractivity contribution in [3.8, 4) is 5.75 Å². The molecule has 0 aliphatic carbocycles. The number of fused-ring (bicyclic) bond motifs is 1. The van der Waals surface area contributed by atoms with Gasteiger partial charge < -0.3 is 15.0 Å². The molecular weight excluding hydrogens is 371 g/mol. The van der Waals surface area contributed by atoms with E-state index in [1.807, 2.05) is 24.4 Å². The number of carbonyl (C=O) groups is 1. The van der Waals surface area contributed by atoms with Crippen molar-refractivity contribution in [2.24, 2.45) is 0 Å². The molecule has 0 saturated carbocycles. The summed E-state index contributed by atoms with van der Waals surface area (Å²) in [6.45, 7) is 4.58. The molecule has 3 aromatic rings. The molecule has 0 fully saturated rings. The Kier molecular flexibility index (Phi) is 5.44. The van der Waals surface area contributed by atoms with Crippen LogP contribution in [0, 0.1) is 0 Å². The van der Waals surface area contributed by atoms with Crippen LogP contribution < -0.4 is 10.1 Å². The minimum absolute atomic E-state index is 0.106. The van der Waals surface area contributed by atoms with Crippen LogP contribution in [0.25, 0.3) is 10.9 Å². The number of carbonyl (C=O) groups excluding carboxylic acids is 1. The SMILES string of the molecule is CC(C)(CNC(=O)COc1ccc(Cl)cc1Cl)c1c[nH]c2ccccc12. The molecule has 0 radical (unpaired) electrons. The summed E-state index contributed by atoms with van der Waals surface area (Å²) in [5.41, 5.74) is 2.02. The van der Waals surface area contributed by atoms with Gasteiger partial charge >= 0.3 is 0 Å². The summed E-state index contributed by atoms with van der Waals surface area (Å²) in [6, 6.07) is 13.0. The van der Waals surface area contributed by atoms with Crippen molar-refractivity contribution < 1.29 is 9.53 Å². The molecule has 6 heteroatoms. The number of benzene rings is 2. The highest BCUT2D eigenvalue weighted by atomic mass is 35.5. The van der Waals surface area contributed by atoms with Gasteiger partial charge in [0.05, 0.1) is 5.02 Å². The highest BCUT2D eigenvalue weighted by Gasteiger charge is 2.24. The Morgan fingerprint density at radius 2 is 1.96 bits per heavy atom. The zero-order valence-corrected chi connectivity index (χ0v) is 16.1. The largest absolute Gasteiger partial charge is 0.482 e. The molecule has 0 unspecified atom stereocenters. The zero-order chi connectivity index (χ0) is 18.7. The maximum absolute atomic E-state index is 12.2. The fraction of sp³-hybridized carbons (Fsp3) is 0.250. The van der Waals surface area contributed by atoms with Crippen molar-refractivity contribution in [3.63, 3.8) is 0 Å². The molecule has 1 amide bonds. The van der Waals surface area contributed by atoms with E-state index in [9.17, 15) is 4.79 Å². The lowest BCUT2D eigenvalue weighted by Gasteiger charge is -2.25. The van der Waals surface area contributed by atoms with Gasteiger partial charge in [-0.15, -0.1) is 0 Å². The first-order chi connectivity index (χ1) is 12.4. The Morgan fingerprint density at radius 3 is 2.73 bits per heavy atom. The Labute approximate surface area is 162 Å². The lowest BCUT2D eigenvalue weighted by molar-refractivity contribution is -0.123. The monoisotopic (exact) mass is 390 g/mol. The van der Waals surface area contributed by atoms with Gasteiger partial charge in [-0.1, -0.05) is 55.2 Å². The molecule has 1 aromatic heterocycles. The zero-order valence-electron chi connectivity index (χ0n) is 14.6. The molecular formula is C20H20Cl2N2O2. The Bertz CT molecular complexity index is 934. The van der Waals surface area contributed by atoms with Crippen LogP contribution in [0.3, 0.4) is 0 Å². The molecule has 2 N–H and O–H groups in total. The van der Waals surface area contributed by atoms with E-state index in [2.05, 4.69) is 30.2 Å². The smallest absolute Gasteiger partial charge is 0.257 e. The predicted octanol–water partition coefficient (Wildman–Crippen LogP) is 4.95. The fourth-order valence-electron chi connectivity index (χ4n) is 2.83. The Hall–Kier alpha value is -2.17. The molecule has 0 spiro atoms. The number of ether oxygens (including phenoxy) is 1. The third-order valence-corrected chi connectivity index (χ3v) is 4.83. The highest BCUT2D eigenvalue weighted by molar-refractivity contribution is 6.35. The fourth-order valence-corrected chi connectivity index (χ4v) is 3.30. The third kappa shape index (κ3) is 4.14. The number of aromatic nitrogens is 1. The van der Waals surface area contributed by atoms with Gasteiger partial charge in [-0.2, -0.15) is 0 Å². The van der Waals surface area contributed by atoms with E-state index in [1.165, 1.54) is 0 Å². The van der Waals surface area contributed by atoms with Crippen LogP contribution in [0.5, 0.6) is 5.75 Å². The van der Waals surface area contributed by atoms with Gasteiger partial charge in [-0.3, -0.25) is 4.79 Å². The third-order valence-electron chi connectivity index (χ3n) is 4.30. The Balaban J connectivity index is 1.59. The molecule has 0 aliphatic heterocycles. The van der Waals surface area contributed by atoms with Crippen LogP contribution in [0.4, 0.5) is 0 Å². The summed E-state index contributed by atoms with van der Waals surface area (Å²) in [7, 11) is 0. The average Bonchev–Trinajstić information content (AvgIpc) is 3.04. The Morgan fingerprint density at radius 1 is 1.19 bits per heavy atom. The second-order valence-corrected chi connectivity index (χ2v) is 7.62. The predicted molar refractivity (Wildman–Crippen MR) is 106 cm³/mol. The van der Waals surface area contributed by atoms with Gasteiger partial charge in [0.15, 0.2) is 6.61 Å². The van der Waals surface area contributed by atoms with Crippen LogP contribution >= 0.6 is 23.2 Å². The van der Waals surface area contributed by atoms with Crippen molar-refractivity contribution in [1.29, 1.82) is 0 Å². The van der Waals surface area contributed by atoms with Gasteiger partial charge in [0.25, 0.3) is 5.91 Å². The van der Waals surface area contributed by atoms with Crippen LogP contribution in [-0.4, -0.2) is 24.0 Å². The van der Waals surface area contributed by atoms with E-state index in [1.54, 1.807) is 18.2 Å². The van der Waals surface area contributed by atoms with Gasteiger partial charge in [-0.05, 0) is 29.8 Å². The maximum Gasteiger partial charge on any atom is 0.257 e. The van der Waals surface area contributed by atoms with E-state index >= 15 is 0 Å². The molecule has 136 valence electrons. The van der Waals surface area contributed by atoms with Gasteiger partial charge in [-0.25, -0.2) is 0 Å². The number of nitrogens with one attached hydrogen (secondary N) is 2. The van der Waals surface area contributed by atoms with Gasteiger partial charge in [0.2, 0.25) is 0 Å². The summed E-state index contributed by atoms with van der Waals surface area (Å²) in [4.78, 5) is 15.4. The number of hydrogen-bond donors (Lipinski definition) is 2. The number of amides is 1. The summed E-state index contributed by atoms with van der Waals surface area (Å²) in [6.07, 6.45) is 2.00. The molecule has 26 heavy (non-hydrogen) atoms. The summed E-state index contributed by atoms with van der Waals surface area (Å²) < 4.78 is 5.47. The van der Waals surface area contributed by atoms with Crippen LogP contribution in [0.2, 0.25) is 10.0 Å². The van der Waals surface area contributed by atoms with Crippen molar-refractivity contribution in [3.05, 3.63) is 64.3 Å². The molecule has 3 rings (SSSR count). The number of H-pyrrole nitrogens is 1.